The number of nitrogens with zero attached hydrogens (tertiary/aromatic N) is 1. The Labute approximate surface area is 132 Å². The molecule has 0 saturated heterocycles. The lowest BCUT2D eigenvalue weighted by atomic mass is 10.1. The molecule has 2 aromatic carbocycles. The molecule has 0 radical (unpaired) electrons. The van der Waals surface area contributed by atoms with Gasteiger partial charge >= 0.3 is 5.97 Å². The van der Waals surface area contributed by atoms with E-state index >= 15 is 0 Å². The number of aromatic amines is 1. The maximum atomic E-state index is 11.8. The molecule has 1 N–H and O–H groups in total. The number of carbonyl (C=O) groups excluding carboxylic acids is 2. The lowest BCUT2D eigenvalue weighted by molar-refractivity contribution is 0.0596. The van der Waals surface area contributed by atoms with Crippen LogP contribution in [0.25, 0.3) is 10.9 Å². The van der Waals surface area contributed by atoms with Crippen LogP contribution in [0.2, 0.25) is 0 Å². The van der Waals surface area contributed by atoms with Gasteiger partial charge in [-0.25, -0.2) is 4.79 Å². The summed E-state index contributed by atoms with van der Waals surface area (Å²) in [5.74, 6) is 5.47. The van der Waals surface area contributed by atoms with Crippen molar-refractivity contribution in [2.45, 2.75) is 0 Å². The molecule has 112 valence electrons. The molecule has 0 bridgehead atoms. The summed E-state index contributed by atoms with van der Waals surface area (Å²) in [6.07, 6.45) is 0.692. The largest absolute Gasteiger partial charge is 0.464 e. The van der Waals surface area contributed by atoms with Gasteiger partial charge in [0.05, 0.1) is 7.11 Å². The minimum Gasteiger partial charge on any atom is -0.464 e. The molecule has 0 fully saturated rings. The highest BCUT2D eigenvalue weighted by molar-refractivity contribution is 6.06. The molecule has 0 aliphatic carbocycles. The van der Waals surface area contributed by atoms with Gasteiger partial charge in [0.2, 0.25) is 0 Å². The molecule has 0 aliphatic rings. The Bertz CT molecular complexity index is 947. The lowest BCUT2D eigenvalue weighted by Gasteiger charge is -1.99. The van der Waals surface area contributed by atoms with E-state index in [0.717, 1.165) is 5.56 Å². The van der Waals surface area contributed by atoms with Crippen LogP contribution < -0.4 is 0 Å². The van der Waals surface area contributed by atoms with Crippen LogP contribution in [0.1, 0.15) is 32.0 Å². The van der Waals surface area contributed by atoms with Crippen molar-refractivity contribution in [1.82, 2.24) is 10.2 Å². The molecule has 3 rings (SSSR count). The molecule has 3 aromatic rings. The summed E-state index contributed by atoms with van der Waals surface area (Å²) >= 11 is 0. The second kappa shape index (κ2) is 6.16. The SMILES string of the molecule is COC(=O)c1[nH]nc2c(C=O)cc(C#Cc3ccccc3)cc12. The van der Waals surface area contributed by atoms with Crippen LogP contribution in [0, 0.1) is 11.8 Å². The number of benzene rings is 2. The number of rotatable bonds is 2. The molecule has 0 unspecified atom stereocenters. The third-order valence-electron chi connectivity index (χ3n) is 3.33. The third kappa shape index (κ3) is 2.83. The van der Waals surface area contributed by atoms with Crippen LogP contribution in [0.4, 0.5) is 0 Å². The van der Waals surface area contributed by atoms with E-state index < -0.39 is 5.97 Å². The number of aromatic nitrogens is 2. The quantitative estimate of drug-likeness (QED) is 0.449. The first kappa shape index (κ1) is 14.5. The molecule has 5 nitrogen and oxygen atoms in total. The zero-order valence-electron chi connectivity index (χ0n) is 12.3. The summed E-state index contributed by atoms with van der Waals surface area (Å²) in [6.45, 7) is 0. The summed E-state index contributed by atoms with van der Waals surface area (Å²) in [7, 11) is 1.29. The third-order valence-corrected chi connectivity index (χ3v) is 3.33. The average Bonchev–Trinajstić information content (AvgIpc) is 3.03. The smallest absolute Gasteiger partial charge is 0.356 e. The molecule has 23 heavy (non-hydrogen) atoms. The highest BCUT2D eigenvalue weighted by Crippen LogP contribution is 2.21. The summed E-state index contributed by atoms with van der Waals surface area (Å²) in [6, 6.07) is 12.9. The molecule has 0 saturated carbocycles. The average molecular weight is 304 g/mol. The molecule has 0 atom stereocenters. The van der Waals surface area contributed by atoms with Crippen LogP contribution in [-0.4, -0.2) is 29.6 Å². The number of fused-ring (bicyclic) bond motifs is 1. The molecular weight excluding hydrogens is 292 g/mol. The molecule has 1 aromatic heterocycles. The van der Waals surface area contributed by atoms with Gasteiger partial charge in [-0.15, -0.1) is 0 Å². The minimum absolute atomic E-state index is 0.203. The number of ether oxygens (including phenoxy) is 1. The molecular formula is C18H12N2O3. The van der Waals surface area contributed by atoms with E-state index in [1.54, 1.807) is 12.1 Å². The maximum absolute atomic E-state index is 11.8. The van der Waals surface area contributed by atoms with E-state index in [0.29, 0.717) is 28.3 Å². The fourth-order valence-electron chi connectivity index (χ4n) is 2.23. The number of hydrogen-bond donors (Lipinski definition) is 1. The Balaban J connectivity index is 2.13. The Morgan fingerprint density at radius 1 is 1.17 bits per heavy atom. The van der Waals surface area contributed by atoms with Gasteiger partial charge in [-0.05, 0) is 24.3 Å². The van der Waals surface area contributed by atoms with E-state index in [1.165, 1.54) is 7.11 Å². The second-order valence-corrected chi connectivity index (χ2v) is 4.79. The number of carbonyl (C=O) groups is 2. The van der Waals surface area contributed by atoms with Gasteiger partial charge in [-0.2, -0.15) is 5.10 Å². The molecule has 0 amide bonds. The number of methoxy groups -OCH3 is 1. The van der Waals surface area contributed by atoms with Gasteiger partial charge in [0.1, 0.15) is 5.52 Å². The minimum atomic E-state index is -0.544. The molecule has 0 spiro atoms. The maximum Gasteiger partial charge on any atom is 0.356 e. The Morgan fingerprint density at radius 3 is 2.61 bits per heavy atom. The predicted molar refractivity (Wildman–Crippen MR) is 85.2 cm³/mol. The summed E-state index contributed by atoms with van der Waals surface area (Å²) in [5, 5.41) is 7.13. The zero-order valence-corrected chi connectivity index (χ0v) is 12.3. The van der Waals surface area contributed by atoms with E-state index in [-0.39, 0.29) is 5.69 Å². The first-order valence-electron chi connectivity index (χ1n) is 6.85. The highest BCUT2D eigenvalue weighted by atomic mass is 16.5. The normalized spacial score (nSPS) is 9.96. The van der Waals surface area contributed by atoms with Crippen molar-refractivity contribution in [3.05, 3.63) is 64.8 Å². The zero-order chi connectivity index (χ0) is 16.2. The van der Waals surface area contributed by atoms with Gasteiger partial charge in [0.25, 0.3) is 0 Å². The summed E-state index contributed by atoms with van der Waals surface area (Å²) < 4.78 is 4.71. The fraction of sp³-hybridized carbons (Fsp3) is 0.0556. The van der Waals surface area contributed by atoms with Crippen LogP contribution in [-0.2, 0) is 4.74 Å². The van der Waals surface area contributed by atoms with E-state index in [1.807, 2.05) is 30.3 Å². The van der Waals surface area contributed by atoms with Crippen molar-refractivity contribution in [3.8, 4) is 11.8 Å². The van der Waals surface area contributed by atoms with Crippen molar-refractivity contribution in [2.24, 2.45) is 0 Å². The van der Waals surface area contributed by atoms with Gasteiger partial charge in [0.15, 0.2) is 12.0 Å². The first-order valence-corrected chi connectivity index (χ1v) is 6.85. The number of H-pyrrole nitrogens is 1. The highest BCUT2D eigenvalue weighted by Gasteiger charge is 2.16. The summed E-state index contributed by atoms with van der Waals surface area (Å²) in [5.41, 5.74) is 2.47. The van der Waals surface area contributed by atoms with Crippen molar-refractivity contribution in [3.63, 3.8) is 0 Å². The molecule has 1 heterocycles. The van der Waals surface area contributed by atoms with E-state index in [9.17, 15) is 9.59 Å². The number of aldehydes is 1. The van der Waals surface area contributed by atoms with Gasteiger partial charge < -0.3 is 4.74 Å². The predicted octanol–water partition coefficient (Wildman–Crippen LogP) is 2.56. The number of hydrogen-bond acceptors (Lipinski definition) is 4. The van der Waals surface area contributed by atoms with E-state index in [4.69, 9.17) is 4.74 Å². The van der Waals surface area contributed by atoms with Gasteiger partial charge in [0, 0.05) is 22.1 Å². The first-order chi connectivity index (χ1) is 11.2. The van der Waals surface area contributed by atoms with E-state index in [2.05, 4.69) is 22.0 Å². The van der Waals surface area contributed by atoms with Gasteiger partial charge in [-0.1, -0.05) is 30.0 Å². The summed E-state index contributed by atoms with van der Waals surface area (Å²) in [4.78, 5) is 23.0. The van der Waals surface area contributed by atoms with Crippen molar-refractivity contribution >= 4 is 23.2 Å². The van der Waals surface area contributed by atoms with Crippen molar-refractivity contribution < 1.29 is 14.3 Å². The lowest BCUT2D eigenvalue weighted by Crippen LogP contribution is -2.02. The van der Waals surface area contributed by atoms with Gasteiger partial charge in [-0.3, -0.25) is 9.89 Å². The standard InChI is InChI=1S/C18H12N2O3/c1-23-18(22)17-15-10-13(8-7-12-5-3-2-4-6-12)9-14(11-21)16(15)19-20-17/h2-6,9-11H,1H3,(H,19,20). The van der Waals surface area contributed by atoms with Crippen LogP contribution in [0.3, 0.4) is 0 Å². The number of nitrogens with one attached hydrogen (secondary N) is 1. The molecule has 5 heteroatoms. The van der Waals surface area contributed by atoms with Crippen LogP contribution in [0.15, 0.2) is 42.5 Å². The second-order valence-electron chi connectivity index (χ2n) is 4.79. The fourth-order valence-corrected chi connectivity index (χ4v) is 2.23. The topological polar surface area (TPSA) is 72.1 Å². The Hall–Kier alpha value is -3.39. The van der Waals surface area contributed by atoms with Crippen molar-refractivity contribution in [2.75, 3.05) is 7.11 Å². The molecule has 0 aliphatic heterocycles. The van der Waals surface area contributed by atoms with Crippen LogP contribution >= 0.6 is 0 Å². The number of esters is 1. The van der Waals surface area contributed by atoms with Crippen molar-refractivity contribution in [1.29, 1.82) is 0 Å². The monoisotopic (exact) mass is 304 g/mol. The Kier molecular flexibility index (Phi) is 3.89. The van der Waals surface area contributed by atoms with Crippen LogP contribution in [0.5, 0.6) is 0 Å². The Morgan fingerprint density at radius 2 is 1.91 bits per heavy atom.